The molecule has 1 aliphatic rings. The Hall–Kier alpha value is -1.93. The first-order chi connectivity index (χ1) is 10.6. The number of piperazine rings is 1. The van der Waals surface area contributed by atoms with Crippen molar-refractivity contribution in [3.8, 4) is 0 Å². The summed E-state index contributed by atoms with van der Waals surface area (Å²) in [5.74, 6) is 0.328. The van der Waals surface area contributed by atoms with Crippen LogP contribution in [-0.4, -0.2) is 53.7 Å². The molecular formula is C14H19N5O2S. The molecule has 0 aliphatic carbocycles. The number of amides is 1. The number of nitrogens with one attached hydrogen (secondary N) is 1. The maximum absolute atomic E-state index is 12.0. The molecule has 3 rings (SSSR count). The molecular weight excluding hydrogens is 302 g/mol. The lowest BCUT2D eigenvalue weighted by molar-refractivity contribution is -0.117. The third-order valence-electron chi connectivity index (χ3n) is 3.51. The second-order valence-electron chi connectivity index (χ2n) is 5.42. The van der Waals surface area contributed by atoms with Gasteiger partial charge in [-0.15, -0.1) is 11.3 Å². The van der Waals surface area contributed by atoms with Gasteiger partial charge in [0.2, 0.25) is 11.8 Å². The number of thiazole rings is 1. The van der Waals surface area contributed by atoms with Crippen molar-refractivity contribution in [2.24, 2.45) is 0 Å². The van der Waals surface area contributed by atoms with Gasteiger partial charge >= 0.3 is 0 Å². The Morgan fingerprint density at radius 1 is 1.32 bits per heavy atom. The Morgan fingerprint density at radius 2 is 2.09 bits per heavy atom. The van der Waals surface area contributed by atoms with Gasteiger partial charge in [0.25, 0.3) is 0 Å². The van der Waals surface area contributed by atoms with Crippen LogP contribution in [0.4, 0.5) is 11.0 Å². The highest BCUT2D eigenvalue weighted by Crippen LogP contribution is 2.21. The fourth-order valence-corrected chi connectivity index (χ4v) is 3.24. The number of aromatic nitrogens is 2. The zero-order valence-corrected chi connectivity index (χ0v) is 13.5. The number of carbonyl (C=O) groups excluding carboxylic acids is 1. The highest BCUT2D eigenvalue weighted by molar-refractivity contribution is 7.13. The van der Waals surface area contributed by atoms with Crippen molar-refractivity contribution >= 4 is 28.3 Å². The van der Waals surface area contributed by atoms with E-state index in [1.807, 2.05) is 13.8 Å². The SMILES string of the molecule is Cc1cc(NC(=O)CN2CCN(c3nc(C)cs3)CC2)on1. The average Bonchev–Trinajstić information content (AvgIpc) is 3.08. The molecule has 1 amide bonds. The summed E-state index contributed by atoms with van der Waals surface area (Å²) in [4.78, 5) is 20.9. The lowest BCUT2D eigenvalue weighted by Gasteiger charge is -2.33. The standard InChI is InChI=1S/C14H19N5O2S/c1-10-7-13(21-17-10)16-12(20)8-18-3-5-19(6-4-18)14-15-11(2)9-22-14/h7,9H,3-6,8H2,1-2H3,(H,16,20). The normalized spacial score (nSPS) is 16.0. The highest BCUT2D eigenvalue weighted by Gasteiger charge is 2.21. The fraction of sp³-hybridized carbons (Fsp3) is 0.500. The van der Waals surface area contributed by atoms with E-state index < -0.39 is 0 Å². The molecule has 2 aromatic rings. The third-order valence-corrected chi connectivity index (χ3v) is 4.53. The van der Waals surface area contributed by atoms with E-state index in [4.69, 9.17) is 4.52 Å². The Kier molecular flexibility index (Phi) is 4.39. The van der Waals surface area contributed by atoms with Gasteiger partial charge in [0.1, 0.15) is 0 Å². The van der Waals surface area contributed by atoms with Gasteiger partial charge in [-0.05, 0) is 13.8 Å². The molecule has 0 spiro atoms. The van der Waals surface area contributed by atoms with Gasteiger partial charge in [-0.1, -0.05) is 5.16 Å². The quantitative estimate of drug-likeness (QED) is 0.920. The van der Waals surface area contributed by atoms with Crippen LogP contribution in [0.25, 0.3) is 0 Å². The number of aryl methyl sites for hydroxylation is 2. The van der Waals surface area contributed by atoms with E-state index in [0.717, 1.165) is 42.7 Å². The predicted molar refractivity (Wildman–Crippen MR) is 85.4 cm³/mol. The van der Waals surface area contributed by atoms with Crippen molar-refractivity contribution in [1.82, 2.24) is 15.0 Å². The van der Waals surface area contributed by atoms with Crippen LogP contribution in [0.15, 0.2) is 16.0 Å². The molecule has 0 saturated carbocycles. The molecule has 0 radical (unpaired) electrons. The highest BCUT2D eigenvalue weighted by atomic mass is 32.1. The van der Waals surface area contributed by atoms with E-state index in [0.29, 0.717) is 12.4 Å². The van der Waals surface area contributed by atoms with Crippen LogP contribution in [0, 0.1) is 13.8 Å². The first-order valence-corrected chi connectivity index (χ1v) is 8.11. The number of hydrogen-bond donors (Lipinski definition) is 1. The summed E-state index contributed by atoms with van der Waals surface area (Å²) in [6.45, 7) is 7.67. The number of rotatable bonds is 4. The van der Waals surface area contributed by atoms with E-state index in [1.54, 1.807) is 17.4 Å². The Morgan fingerprint density at radius 3 is 2.68 bits per heavy atom. The minimum absolute atomic E-state index is 0.0744. The van der Waals surface area contributed by atoms with Crippen LogP contribution in [0.3, 0.4) is 0 Å². The average molecular weight is 321 g/mol. The minimum atomic E-state index is -0.0744. The largest absolute Gasteiger partial charge is 0.346 e. The molecule has 0 bridgehead atoms. The van der Waals surface area contributed by atoms with Gasteiger partial charge in [-0.2, -0.15) is 0 Å². The molecule has 7 nitrogen and oxygen atoms in total. The predicted octanol–water partition coefficient (Wildman–Crippen LogP) is 1.51. The monoisotopic (exact) mass is 321 g/mol. The summed E-state index contributed by atoms with van der Waals surface area (Å²) >= 11 is 1.67. The van der Waals surface area contributed by atoms with Gasteiger partial charge in [0, 0.05) is 37.6 Å². The topological polar surface area (TPSA) is 74.5 Å². The van der Waals surface area contributed by atoms with Crippen molar-refractivity contribution in [2.45, 2.75) is 13.8 Å². The first-order valence-electron chi connectivity index (χ1n) is 7.23. The maximum atomic E-state index is 12.0. The zero-order valence-electron chi connectivity index (χ0n) is 12.7. The summed E-state index contributed by atoms with van der Waals surface area (Å²) < 4.78 is 4.99. The Bertz CT molecular complexity index is 645. The third kappa shape index (κ3) is 3.63. The second-order valence-corrected chi connectivity index (χ2v) is 6.25. The molecule has 118 valence electrons. The Balaban J connectivity index is 1.46. The van der Waals surface area contributed by atoms with E-state index in [9.17, 15) is 4.79 Å². The molecule has 0 aromatic carbocycles. The Labute approximate surface area is 132 Å². The molecule has 1 N–H and O–H groups in total. The van der Waals surface area contributed by atoms with E-state index >= 15 is 0 Å². The molecule has 8 heteroatoms. The smallest absolute Gasteiger partial charge is 0.240 e. The van der Waals surface area contributed by atoms with Gasteiger partial charge in [0.05, 0.1) is 17.9 Å². The summed E-state index contributed by atoms with van der Waals surface area (Å²) in [5.41, 5.74) is 1.81. The molecule has 0 atom stereocenters. The van der Waals surface area contributed by atoms with E-state index in [2.05, 4.69) is 30.6 Å². The van der Waals surface area contributed by atoms with Crippen LogP contribution in [0.5, 0.6) is 0 Å². The lowest BCUT2D eigenvalue weighted by Crippen LogP contribution is -2.48. The zero-order chi connectivity index (χ0) is 15.5. The van der Waals surface area contributed by atoms with Gasteiger partial charge in [-0.3, -0.25) is 15.0 Å². The van der Waals surface area contributed by atoms with Gasteiger partial charge in [0.15, 0.2) is 5.13 Å². The van der Waals surface area contributed by atoms with Crippen molar-refractivity contribution in [2.75, 3.05) is 42.9 Å². The van der Waals surface area contributed by atoms with Crippen molar-refractivity contribution < 1.29 is 9.32 Å². The van der Waals surface area contributed by atoms with Crippen molar-refractivity contribution in [1.29, 1.82) is 0 Å². The molecule has 1 fully saturated rings. The summed E-state index contributed by atoms with van der Waals surface area (Å²) in [5, 5.41) is 9.60. The number of nitrogens with zero attached hydrogens (tertiary/aromatic N) is 4. The molecule has 1 saturated heterocycles. The number of anilines is 2. The molecule has 3 heterocycles. The van der Waals surface area contributed by atoms with Crippen LogP contribution < -0.4 is 10.2 Å². The summed E-state index contributed by atoms with van der Waals surface area (Å²) in [6, 6.07) is 1.71. The number of carbonyl (C=O) groups is 1. The van der Waals surface area contributed by atoms with Gasteiger partial charge in [-0.25, -0.2) is 4.98 Å². The molecule has 1 aliphatic heterocycles. The van der Waals surface area contributed by atoms with Crippen LogP contribution in [-0.2, 0) is 4.79 Å². The first kappa shape index (κ1) is 15.0. The van der Waals surface area contributed by atoms with Crippen molar-refractivity contribution in [3.05, 3.63) is 22.8 Å². The van der Waals surface area contributed by atoms with E-state index in [1.165, 1.54) is 0 Å². The number of hydrogen-bond acceptors (Lipinski definition) is 7. The van der Waals surface area contributed by atoms with Crippen LogP contribution >= 0.6 is 11.3 Å². The second kappa shape index (κ2) is 6.45. The van der Waals surface area contributed by atoms with Gasteiger partial charge < -0.3 is 9.42 Å². The van der Waals surface area contributed by atoms with Crippen LogP contribution in [0.2, 0.25) is 0 Å². The van der Waals surface area contributed by atoms with Crippen LogP contribution in [0.1, 0.15) is 11.4 Å². The lowest BCUT2D eigenvalue weighted by atomic mass is 10.3. The summed E-state index contributed by atoms with van der Waals surface area (Å²) in [7, 11) is 0. The van der Waals surface area contributed by atoms with Crippen molar-refractivity contribution in [3.63, 3.8) is 0 Å². The maximum Gasteiger partial charge on any atom is 0.240 e. The summed E-state index contributed by atoms with van der Waals surface area (Å²) in [6.07, 6.45) is 0. The van der Waals surface area contributed by atoms with E-state index in [-0.39, 0.29) is 5.91 Å². The molecule has 0 unspecified atom stereocenters. The molecule has 2 aromatic heterocycles. The minimum Gasteiger partial charge on any atom is -0.346 e. The fourth-order valence-electron chi connectivity index (χ4n) is 2.39. The molecule has 22 heavy (non-hydrogen) atoms.